The van der Waals surface area contributed by atoms with Crippen molar-refractivity contribution in [2.24, 2.45) is 0 Å². The van der Waals surface area contributed by atoms with Crippen molar-refractivity contribution in [2.75, 3.05) is 19.6 Å². The monoisotopic (exact) mass is 256 g/mol. The van der Waals surface area contributed by atoms with Gasteiger partial charge in [-0.1, -0.05) is 6.42 Å². The summed E-state index contributed by atoms with van der Waals surface area (Å²) in [6, 6.07) is 0.168. The number of likely N-dealkylation sites (tertiary alicyclic amines) is 1. The number of carbonyl (C=O) groups excluding carboxylic acids is 1. The van der Waals surface area contributed by atoms with E-state index in [0.717, 1.165) is 13.0 Å². The molecule has 0 aromatic heterocycles. The van der Waals surface area contributed by atoms with Crippen LogP contribution in [0.25, 0.3) is 0 Å². The van der Waals surface area contributed by atoms with Gasteiger partial charge in [-0.2, -0.15) is 0 Å². The number of amides is 1. The molecule has 1 N–H and O–H groups in total. The second-order valence-corrected chi connectivity index (χ2v) is 6.24. The number of hydrogen-bond acceptors (Lipinski definition) is 3. The Hall–Kier alpha value is -0.770. The zero-order valence-electron chi connectivity index (χ0n) is 12.3. The van der Waals surface area contributed by atoms with Gasteiger partial charge in [-0.15, -0.1) is 0 Å². The highest BCUT2D eigenvalue weighted by Gasteiger charge is 2.18. The summed E-state index contributed by atoms with van der Waals surface area (Å²) in [6.45, 7) is 11.2. The molecular weight excluding hydrogens is 228 g/mol. The molecule has 1 atom stereocenters. The highest BCUT2D eigenvalue weighted by atomic mass is 16.6. The van der Waals surface area contributed by atoms with Crippen LogP contribution >= 0.6 is 0 Å². The molecule has 1 rings (SSSR count). The lowest BCUT2D eigenvalue weighted by atomic mass is 10.1. The molecule has 0 aliphatic carbocycles. The molecule has 1 saturated heterocycles. The summed E-state index contributed by atoms with van der Waals surface area (Å²) in [5.74, 6) is 0. The van der Waals surface area contributed by atoms with Gasteiger partial charge in [0.05, 0.1) is 0 Å². The first-order chi connectivity index (χ1) is 8.37. The molecule has 0 bridgehead atoms. The van der Waals surface area contributed by atoms with Crippen LogP contribution in [0, 0.1) is 0 Å². The summed E-state index contributed by atoms with van der Waals surface area (Å²) >= 11 is 0. The minimum atomic E-state index is -0.420. The van der Waals surface area contributed by atoms with Gasteiger partial charge < -0.3 is 15.0 Å². The second-order valence-electron chi connectivity index (χ2n) is 6.24. The summed E-state index contributed by atoms with van der Waals surface area (Å²) in [7, 11) is 0. The van der Waals surface area contributed by atoms with E-state index in [1.807, 2.05) is 27.7 Å². The molecule has 0 spiro atoms. The molecule has 0 saturated carbocycles. The van der Waals surface area contributed by atoms with Crippen LogP contribution in [0.4, 0.5) is 4.79 Å². The Morgan fingerprint density at radius 1 is 1.28 bits per heavy atom. The van der Waals surface area contributed by atoms with Crippen molar-refractivity contribution in [3.05, 3.63) is 0 Å². The van der Waals surface area contributed by atoms with E-state index in [2.05, 4.69) is 10.2 Å². The van der Waals surface area contributed by atoms with Gasteiger partial charge in [0.25, 0.3) is 0 Å². The van der Waals surface area contributed by atoms with E-state index in [9.17, 15) is 4.79 Å². The lowest BCUT2D eigenvalue weighted by molar-refractivity contribution is 0.0503. The van der Waals surface area contributed by atoms with Gasteiger partial charge in [-0.3, -0.25) is 0 Å². The van der Waals surface area contributed by atoms with Crippen LogP contribution in [-0.4, -0.2) is 42.3 Å². The van der Waals surface area contributed by atoms with Crippen LogP contribution in [0.2, 0.25) is 0 Å². The van der Waals surface area contributed by atoms with E-state index in [4.69, 9.17) is 4.74 Å². The Morgan fingerprint density at radius 2 is 1.89 bits per heavy atom. The summed E-state index contributed by atoms with van der Waals surface area (Å²) in [6.07, 6.45) is 4.66. The van der Waals surface area contributed by atoms with Crippen LogP contribution in [0.3, 0.4) is 0 Å². The third kappa shape index (κ3) is 6.84. The highest BCUT2D eigenvalue weighted by molar-refractivity contribution is 5.67. The minimum Gasteiger partial charge on any atom is -0.444 e. The normalized spacial score (nSPS) is 19.3. The number of piperidine rings is 1. The lowest BCUT2D eigenvalue weighted by Crippen LogP contribution is -2.40. The topological polar surface area (TPSA) is 41.6 Å². The maximum atomic E-state index is 11.6. The van der Waals surface area contributed by atoms with Gasteiger partial charge in [0.15, 0.2) is 0 Å². The van der Waals surface area contributed by atoms with Gasteiger partial charge in [-0.25, -0.2) is 4.79 Å². The van der Waals surface area contributed by atoms with Gasteiger partial charge >= 0.3 is 6.09 Å². The van der Waals surface area contributed by atoms with Crippen molar-refractivity contribution >= 4 is 6.09 Å². The first-order valence-corrected chi connectivity index (χ1v) is 7.09. The van der Waals surface area contributed by atoms with Crippen molar-refractivity contribution in [1.29, 1.82) is 0 Å². The maximum Gasteiger partial charge on any atom is 0.407 e. The average Bonchev–Trinajstić information content (AvgIpc) is 2.25. The molecule has 1 fully saturated rings. The van der Waals surface area contributed by atoms with Crippen LogP contribution in [-0.2, 0) is 4.74 Å². The summed E-state index contributed by atoms with van der Waals surface area (Å²) < 4.78 is 5.24. The molecule has 1 amide bonds. The lowest BCUT2D eigenvalue weighted by Gasteiger charge is -2.28. The van der Waals surface area contributed by atoms with Crippen LogP contribution in [0.5, 0.6) is 0 Å². The zero-order valence-corrected chi connectivity index (χ0v) is 12.3. The van der Waals surface area contributed by atoms with Gasteiger partial charge in [0.1, 0.15) is 5.60 Å². The number of hydrogen-bond donors (Lipinski definition) is 1. The Balaban J connectivity index is 2.16. The van der Waals surface area contributed by atoms with Crippen LogP contribution in [0.1, 0.15) is 53.4 Å². The van der Waals surface area contributed by atoms with Gasteiger partial charge in [0, 0.05) is 12.6 Å². The number of rotatable bonds is 4. The molecule has 4 heteroatoms. The van der Waals surface area contributed by atoms with E-state index in [1.54, 1.807) is 0 Å². The molecule has 1 aliphatic heterocycles. The average molecular weight is 256 g/mol. The summed E-state index contributed by atoms with van der Waals surface area (Å²) in [4.78, 5) is 14.1. The second kappa shape index (κ2) is 6.98. The zero-order chi connectivity index (χ0) is 13.6. The van der Waals surface area contributed by atoms with E-state index in [0.29, 0.717) is 0 Å². The first kappa shape index (κ1) is 15.3. The molecule has 4 nitrogen and oxygen atoms in total. The Labute approximate surface area is 111 Å². The quantitative estimate of drug-likeness (QED) is 0.841. The molecular formula is C14H28N2O2. The SMILES string of the molecule is CC(CCN1CCCCC1)NC(=O)OC(C)(C)C. The van der Waals surface area contributed by atoms with Crippen molar-refractivity contribution < 1.29 is 9.53 Å². The number of nitrogens with one attached hydrogen (secondary N) is 1. The fourth-order valence-electron chi connectivity index (χ4n) is 2.14. The first-order valence-electron chi connectivity index (χ1n) is 7.09. The minimum absolute atomic E-state index is 0.168. The highest BCUT2D eigenvalue weighted by Crippen LogP contribution is 2.10. The van der Waals surface area contributed by atoms with Crippen LogP contribution < -0.4 is 5.32 Å². The summed E-state index contributed by atoms with van der Waals surface area (Å²) in [5.41, 5.74) is -0.420. The van der Waals surface area contributed by atoms with E-state index >= 15 is 0 Å². The molecule has 0 radical (unpaired) electrons. The van der Waals surface area contributed by atoms with Crippen molar-refractivity contribution in [3.8, 4) is 0 Å². The molecule has 0 aromatic rings. The molecule has 1 heterocycles. The number of ether oxygens (including phenoxy) is 1. The van der Waals surface area contributed by atoms with E-state index in [-0.39, 0.29) is 12.1 Å². The maximum absolute atomic E-state index is 11.6. The third-order valence-electron chi connectivity index (χ3n) is 3.09. The van der Waals surface area contributed by atoms with E-state index < -0.39 is 5.60 Å². The fraction of sp³-hybridized carbons (Fsp3) is 0.929. The fourth-order valence-corrected chi connectivity index (χ4v) is 2.14. The standard InChI is InChI=1S/C14H28N2O2/c1-12(15-13(17)18-14(2,3)4)8-11-16-9-6-5-7-10-16/h12H,5-11H2,1-4H3,(H,15,17). The Bertz CT molecular complexity index is 255. The Kier molecular flexibility index (Phi) is 5.93. The summed E-state index contributed by atoms with van der Waals surface area (Å²) in [5, 5.41) is 2.89. The van der Waals surface area contributed by atoms with Gasteiger partial charge in [-0.05, 0) is 60.0 Å². The molecule has 1 unspecified atom stereocenters. The van der Waals surface area contributed by atoms with E-state index in [1.165, 1.54) is 32.4 Å². The molecule has 106 valence electrons. The van der Waals surface area contributed by atoms with Crippen molar-refractivity contribution in [1.82, 2.24) is 10.2 Å². The number of alkyl carbamates (subject to hydrolysis) is 1. The third-order valence-corrected chi connectivity index (χ3v) is 3.09. The number of carbonyl (C=O) groups is 1. The predicted octanol–water partition coefficient (Wildman–Crippen LogP) is 2.78. The van der Waals surface area contributed by atoms with Gasteiger partial charge in [0.2, 0.25) is 0 Å². The largest absolute Gasteiger partial charge is 0.444 e. The molecule has 0 aromatic carbocycles. The molecule has 18 heavy (non-hydrogen) atoms. The molecule has 1 aliphatic rings. The van der Waals surface area contributed by atoms with Crippen molar-refractivity contribution in [3.63, 3.8) is 0 Å². The van der Waals surface area contributed by atoms with Crippen LogP contribution in [0.15, 0.2) is 0 Å². The van der Waals surface area contributed by atoms with Crippen molar-refractivity contribution in [2.45, 2.75) is 65.0 Å². The number of nitrogens with zero attached hydrogens (tertiary/aromatic N) is 1. The Morgan fingerprint density at radius 3 is 2.44 bits per heavy atom. The smallest absolute Gasteiger partial charge is 0.407 e. The predicted molar refractivity (Wildman–Crippen MR) is 73.7 cm³/mol.